The number of nitrogens with one attached hydrogen (secondary N) is 1. The Morgan fingerprint density at radius 1 is 1.35 bits per heavy atom. The van der Waals surface area contributed by atoms with Gasteiger partial charge in [-0.25, -0.2) is 4.98 Å². The minimum absolute atomic E-state index is 0.532. The monoisotopic (exact) mass is 253 g/mol. The van der Waals surface area contributed by atoms with Gasteiger partial charge in [0.25, 0.3) is 0 Å². The molecule has 0 amide bonds. The van der Waals surface area contributed by atoms with E-state index in [1.54, 1.807) is 11.3 Å². The molecule has 1 saturated heterocycles. The minimum atomic E-state index is 0.532. The standard InChI is InChI=1S/C13H23N3S/c1-11(2)14-8-13-15-12(10-17-13)9-16-6-4-3-5-7-16/h10-11,14H,3-9H2,1-2H3. The number of nitrogens with zero attached hydrogens (tertiary/aromatic N) is 2. The molecule has 0 radical (unpaired) electrons. The van der Waals surface area contributed by atoms with Crippen LogP contribution in [-0.2, 0) is 13.1 Å². The lowest BCUT2D eigenvalue weighted by atomic mass is 10.1. The van der Waals surface area contributed by atoms with Crippen molar-refractivity contribution >= 4 is 11.3 Å². The second-order valence-corrected chi connectivity index (χ2v) is 6.05. The third-order valence-electron chi connectivity index (χ3n) is 3.10. The molecule has 17 heavy (non-hydrogen) atoms. The van der Waals surface area contributed by atoms with Crippen LogP contribution in [-0.4, -0.2) is 29.0 Å². The van der Waals surface area contributed by atoms with Crippen molar-refractivity contribution in [3.8, 4) is 0 Å². The van der Waals surface area contributed by atoms with Crippen molar-refractivity contribution in [3.63, 3.8) is 0 Å². The first-order chi connectivity index (χ1) is 8.24. The van der Waals surface area contributed by atoms with Crippen LogP contribution in [0.25, 0.3) is 0 Å². The first-order valence-electron chi connectivity index (χ1n) is 6.63. The fourth-order valence-electron chi connectivity index (χ4n) is 2.14. The minimum Gasteiger partial charge on any atom is -0.308 e. The summed E-state index contributed by atoms with van der Waals surface area (Å²) in [4.78, 5) is 7.22. The molecule has 2 rings (SSSR count). The van der Waals surface area contributed by atoms with Crippen LogP contribution >= 0.6 is 11.3 Å². The lowest BCUT2D eigenvalue weighted by Crippen LogP contribution is -2.29. The van der Waals surface area contributed by atoms with Crippen LogP contribution in [0.2, 0.25) is 0 Å². The number of likely N-dealkylation sites (tertiary alicyclic amines) is 1. The van der Waals surface area contributed by atoms with Crippen LogP contribution in [0.4, 0.5) is 0 Å². The fraction of sp³-hybridized carbons (Fsp3) is 0.769. The molecule has 4 heteroatoms. The highest BCUT2D eigenvalue weighted by atomic mass is 32.1. The highest BCUT2D eigenvalue weighted by Gasteiger charge is 2.12. The molecule has 1 aromatic heterocycles. The summed E-state index contributed by atoms with van der Waals surface area (Å²) in [6.07, 6.45) is 4.11. The first-order valence-corrected chi connectivity index (χ1v) is 7.51. The predicted molar refractivity (Wildman–Crippen MR) is 73.2 cm³/mol. The van der Waals surface area contributed by atoms with Crippen molar-refractivity contribution in [1.29, 1.82) is 0 Å². The molecular formula is C13H23N3S. The molecule has 0 atom stereocenters. The van der Waals surface area contributed by atoms with Gasteiger partial charge in [0.05, 0.1) is 5.69 Å². The summed E-state index contributed by atoms with van der Waals surface area (Å²) in [5.41, 5.74) is 1.25. The molecule has 1 aromatic rings. The van der Waals surface area contributed by atoms with Crippen LogP contribution in [0.1, 0.15) is 43.8 Å². The van der Waals surface area contributed by atoms with Crippen molar-refractivity contribution in [2.45, 2.75) is 52.2 Å². The van der Waals surface area contributed by atoms with E-state index in [2.05, 4.69) is 29.4 Å². The molecule has 1 N–H and O–H groups in total. The molecule has 0 spiro atoms. The van der Waals surface area contributed by atoms with Crippen molar-refractivity contribution in [3.05, 3.63) is 16.1 Å². The molecule has 0 aromatic carbocycles. The second-order valence-electron chi connectivity index (χ2n) is 5.10. The summed E-state index contributed by atoms with van der Waals surface area (Å²) in [6.45, 7) is 8.78. The van der Waals surface area contributed by atoms with E-state index in [1.165, 1.54) is 43.1 Å². The van der Waals surface area contributed by atoms with Crippen LogP contribution in [0.5, 0.6) is 0 Å². The number of rotatable bonds is 5. The molecule has 0 unspecified atom stereocenters. The lowest BCUT2D eigenvalue weighted by Gasteiger charge is -2.25. The predicted octanol–water partition coefficient (Wildman–Crippen LogP) is 2.63. The first kappa shape index (κ1) is 13.0. The van der Waals surface area contributed by atoms with Crippen molar-refractivity contribution in [2.24, 2.45) is 0 Å². The molecular weight excluding hydrogens is 230 g/mol. The molecule has 0 bridgehead atoms. The Morgan fingerprint density at radius 3 is 2.82 bits per heavy atom. The molecule has 1 fully saturated rings. The van der Waals surface area contributed by atoms with Gasteiger partial charge >= 0.3 is 0 Å². The molecule has 2 heterocycles. The van der Waals surface area contributed by atoms with E-state index in [0.29, 0.717) is 6.04 Å². The van der Waals surface area contributed by atoms with Crippen molar-refractivity contribution in [2.75, 3.05) is 13.1 Å². The zero-order valence-electron chi connectivity index (χ0n) is 10.9. The normalized spacial score (nSPS) is 17.8. The zero-order valence-corrected chi connectivity index (χ0v) is 11.7. The van der Waals surface area contributed by atoms with Gasteiger partial charge in [-0.05, 0) is 25.9 Å². The second kappa shape index (κ2) is 6.47. The summed E-state index contributed by atoms with van der Waals surface area (Å²) >= 11 is 1.78. The summed E-state index contributed by atoms with van der Waals surface area (Å²) in [6, 6.07) is 0.532. The summed E-state index contributed by atoms with van der Waals surface area (Å²) in [5.74, 6) is 0. The molecule has 3 nitrogen and oxygen atoms in total. The van der Waals surface area contributed by atoms with Gasteiger partial charge in [0.15, 0.2) is 0 Å². The van der Waals surface area contributed by atoms with Gasteiger partial charge in [-0.3, -0.25) is 4.90 Å². The van der Waals surface area contributed by atoms with E-state index < -0.39 is 0 Å². The summed E-state index contributed by atoms with van der Waals surface area (Å²) in [7, 11) is 0. The summed E-state index contributed by atoms with van der Waals surface area (Å²) in [5, 5.41) is 6.84. The number of aromatic nitrogens is 1. The highest BCUT2D eigenvalue weighted by Crippen LogP contribution is 2.15. The van der Waals surface area contributed by atoms with Gasteiger partial charge in [-0.2, -0.15) is 0 Å². The Labute approximate surface area is 108 Å². The Morgan fingerprint density at radius 2 is 2.12 bits per heavy atom. The zero-order chi connectivity index (χ0) is 12.1. The highest BCUT2D eigenvalue weighted by molar-refractivity contribution is 7.09. The van der Waals surface area contributed by atoms with E-state index in [1.807, 2.05) is 0 Å². The van der Waals surface area contributed by atoms with Gasteiger partial charge in [0.2, 0.25) is 0 Å². The molecule has 0 saturated carbocycles. The third kappa shape index (κ3) is 4.37. The van der Waals surface area contributed by atoms with Crippen LogP contribution in [0.15, 0.2) is 5.38 Å². The molecule has 1 aliphatic rings. The smallest absolute Gasteiger partial charge is 0.107 e. The van der Waals surface area contributed by atoms with Crippen molar-refractivity contribution in [1.82, 2.24) is 15.2 Å². The Hall–Kier alpha value is -0.450. The summed E-state index contributed by atoms with van der Waals surface area (Å²) < 4.78 is 0. The fourth-order valence-corrected chi connectivity index (χ4v) is 2.88. The average molecular weight is 253 g/mol. The SMILES string of the molecule is CC(C)NCc1nc(CN2CCCCC2)cs1. The quantitative estimate of drug-likeness (QED) is 0.874. The van der Waals surface area contributed by atoms with Gasteiger partial charge in [-0.15, -0.1) is 11.3 Å². The van der Waals surface area contributed by atoms with E-state index in [9.17, 15) is 0 Å². The van der Waals surface area contributed by atoms with Gasteiger partial charge in [0.1, 0.15) is 5.01 Å². The number of hydrogen-bond acceptors (Lipinski definition) is 4. The Bertz CT molecular complexity index is 329. The number of hydrogen-bond donors (Lipinski definition) is 1. The largest absolute Gasteiger partial charge is 0.308 e. The maximum absolute atomic E-state index is 4.69. The third-order valence-corrected chi connectivity index (χ3v) is 3.99. The Balaban J connectivity index is 1.80. The van der Waals surface area contributed by atoms with Crippen LogP contribution in [0, 0.1) is 0 Å². The van der Waals surface area contributed by atoms with Gasteiger partial charge < -0.3 is 5.32 Å². The maximum atomic E-state index is 4.69. The van der Waals surface area contributed by atoms with Crippen LogP contribution in [0.3, 0.4) is 0 Å². The van der Waals surface area contributed by atoms with E-state index >= 15 is 0 Å². The number of thiazole rings is 1. The lowest BCUT2D eigenvalue weighted by molar-refractivity contribution is 0.219. The Kier molecular flexibility index (Phi) is 4.95. The molecule has 0 aliphatic carbocycles. The van der Waals surface area contributed by atoms with Crippen molar-refractivity contribution < 1.29 is 0 Å². The topological polar surface area (TPSA) is 28.2 Å². The van der Waals surface area contributed by atoms with E-state index in [4.69, 9.17) is 4.98 Å². The average Bonchev–Trinajstić information content (AvgIpc) is 2.75. The van der Waals surface area contributed by atoms with E-state index in [-0.39, 0.29) is 0 Å². The molecule has 1 aliphatic heterocycles. The number of piperidine rings is 1. The van der Waals surface area contributed by atoms with Crippen LogP contribution < -0.4 is 5.32 Å². The maximum Gasteiger partial charge on any atom is 0.107 e. The van der Waals surface area contributed by atoms with Gasteiger partial charge in [-0.1, -0.05) is 20.3 Å². The van der Waals surface area contributed by atoms with Gasteiger partial charge in [0, 0.05) is 24.5 Å². The molecule has 96 valence electrons. The van der Waals surface area contributed by atoms with E-state index in [0.717, 1.165) is 13.1 Å².